The predicted molar refractivity (Wildman–Crippen MR) is 73.7 cm³/mol. The fourth-order valence-electron chi connectivity index (χ4n) is 1.58. The molecule has 0 saturated heterocycles. The van der Waals surface area contributed by atoms with Crippen LogP contribution >= 0.6 is 12.2 Å². The highest BCUT2D eigenvalue weighted by Gasteiger charge is 2.23. The molecule has 0 fully saturated rings. The largest absolute Gasteiger partial charge is 0.389 e. The molecule has 1 unspecified atom stereocenters. The first-order valence-corrected chi connectivity index (χ1v) is 5.99. The summed E-state index contributed by atoms with van der Waals surface area (Å²) in [6, 6.07) is 1.14. The molecule has 0 bridgehead atoms. The lowest BCUT2D eigenvalue weighted by atomic mass is 10.0. The SMILES string of the molecule is CC(C)C(Nc1c(F)cc(C(N)=S)cc1F)C(N)=O. The number of nitrogens with two attached hydrogens (primary N) is 2. The van der Waals surface area contributed by atoms with E-state index in [0.717, 1.165) is 12.1 Å². The summed E-state index contributed by atoms with van der Waals surface area (Å²) in [5.41, 5.74) is 10.1. The molecule has 0 heterocycles. The van der Waals surface area contributed by atoms with Gasteiger partial charge >= 0.3 is 0 Å². The van der Waals surface area contributed by atoms with Gasteiger partial charge < -0.3 is 16.8 Å². The lowest BCUT2D eigenvalue weighted by Gasteiger charge is -2.21. The summed E-state index contributed by atoms with van der Waals surface area (Å²) in [5, 5.41) is 2.47. The van der Waals surface area contributed by atoms with Crippen molar-refractivity contribution >= 4 is 28.8 Å². The highest BCUT2D eigenvalue weighted by atomic mass is 32.1. The van der Waals surface area contributed by atoms with Crippen LogP contribution in [0, 0.1) is 17.6 Å². The lowest BCUT2D eigenvalue weighted by Crippen LogP contribution is -2.40. The quantitative estimate of drug-likeness (QED) is 0.717. The number of carbonyl (C=O) groups is 1. The van der Waals surface area contributed by atoms with Crippen molar-refractivity contribution in [3.05, 3.63) is 29.3 Å². The van der Waals surface area contributed by atoms with Crippen LogP contribution in [-0.4, -0.2) is 16.9 Å². The monoisotopic (exact) mass is 287 g/mol. The molecule has 1 atom stereocenters. The van der Waals surface area contributed by atoms with Gasteiger partial charge in [-0.15, -0.1) is 0 Å². The van der Waals surface area contributed by atoms with Gasteiger partial charge in [0.25, 0.3) is 0 Å². The van der Waals surface area contributed by atoms with Crippen molar-refractivity contribution in [1.82, 2.24) is 0 Å². The molecule has 7 heteroatoms. The minimum Gasteiger partial charge on any atom is -0.389 e. The maximum Gasteiger partial charge on any atom is 0.240 e. The Labute approximate surface area is 115 Å². The van der Waals surface area contributed by atoms with Crippen molar-refractivity contribution in [3.8, 4) is 0 Å². The number of hydrogen-bond acceptors (Lipinski definition) is 3. The molecule has 0 aromatic heterocycles. The molecule has 104 valence electrons. The van der Waals surface area contributed by atoms with E-state index in [2.05, 4.69) is 17.5 Å². The summed E-state index contributed by atoms with van der Waals surface area (Å²) >= 11 is 4.65. The van der Waals surface area contributed by atoms with Crippen LogP contribution in [0.4, 0.5) is 14.5 Å². The van der Waals surface area contributed by atoms with Gasteiger partial charge in [-0.25, -0.2) is 8.78 Å². The molecule has 0 aliphatic heterocycles. The highest BCUT2D eigenvalue weighted by Crippen LogP contribution is 2.23. The maximum absolute atomic E-state index is 13.8. The van der Waals surface area contributed by atoms with Gasteiger partial charge in [0.1, 0.15) is 28.4 Å². The van der Waals surface area contributed by atoms with Crippen LogP contribution in [0.5, 0.6) is 0 Å². The Morgan fingerprint density at radius 1 is 1.26 bits per heavy atom. The number of rotatable bonds is 5. The third-order valence-electron chi connectivity index (χ3n) is 2.60. The van der Waals surface area contributed by atoms with E-state index >= 15 is 0 Å². The van der Waals surface area contributed by atoms with Gasteiger partial charge in [0.15, 0.2) is 0 Å². The molecule has 1 rings (SSSR count). The van der Waals surface area contributed by atoms with Crippen LogP contribution in [0.25, 0.3) is 0 Å². The maximum atomic E-state index is 13.8. The topological polar surface area (TPSA) is 81.1 Å². The Morgan fingerprint density at radius 3 is 2.05 bits per heavy atom. The lowest BCUT2D eigenvalue weighted by molar-refractivity contribution is -0.119. The first-order valence-electron chi connectivity index (χ1n) is 5.58. The number of amides is 1. The molecular formula is C12H15F2N3OS. The third kappa shape index (κ3) is 3.60. The summed E-state index contributed by atoms with van der Waals surface area (Å²) in [6.07, 6.45) is 0. The van der Waals surface area contributed by atoms with E-state index in [0.29, 0.717) is 0 Å². The minimum absolute atomic E-state index is 0.0794. The van der Waals surface area contributed by atoms with Crippen LogP contribution in [0.1, 0.15) is 19.4 Å². The second-order valence-electron chi connectivity index (χ2n) is 4.45. The van der Waals surface area contributed by atoms with Crippen molar-refractivity contribution in [1.29, 1.82) is 0 Å². The standard InChI is InChI=1S/C12H15F2N3OS/c1-5(2)9(11(15)18)17-10-7(13)3-6(12(16)19)4-8(10)14/h3-5,9,17H,1-2H3,(H2,15,18)(H2,16,19). The Balaban J connectivity index is 3.14. The number of anilines is 1. The molecular weight excluding hydrogens is 272 g/mol. The van der Waals surface area contributed by atoms with Crippen LogP contribution in [0.2, 0.25) is 0 Å². The van der Waals surface area contributed by atoms with E-state index in [4.69, 9.17) is 11.5 Å². The zero-order valence-corrected chi connectivity index (χ0v) is 11.4. The molecule has 4 nitrogen and oxygen atoms in total. The van der Waals surface area contributed by atoms with Crippen molar-refractivity contribution in [3.63, 3.8) is 0 Å². The van der Waals surface area contributed by atoms with Crippen LogP contribution in [0.15, 0.2) is 12.1 Å². The van der Waals surface area contributed by atoms with Gasteiger partial charge in [-0.05, 0) is 18.1 Å². The number of carbonyl (C=O) groups excluding carboxylic acids is 1. The van der Waals surface area contributed by atoms with Gasteiger partial charge in [-0.3, -0.25) is 4.79 Å². The Bertz CT molecular complexity index is 497. The van der Waals surface area contributed by atoms with E-state index in [1.165, 1.54) is 0 Å². The van der Waals surface area contributed by atoms with E-state index < -0.39 is 29.3 Å². The van der Waals surface area contributed by atoms with E-state index in [1.54, 1.807) is 13.8 Å². The molecule has 1 aromatic rings. The molecule has 0 saturated carbocycles. The molecule has 0 radical (unpaired) electrons. The van der Waals surface area contributed by atoms with Crippen molar-refractivity contribution in [2.75, 3.05) is 5.32 Å². The van der Waals surface area contributed by atoms with E-state index in [9.17, 15) is 13.6 Å². The fraction of sp³-hybridized carbons (Fsp3) is 0.333. The second-order valence-corrected chi connectivity index (χ2v) is 4.89. The molecule has 0 spiro atoms. The Morgan fingerprint density at radius 2 is 1.74 bits per heavy atom. The summed E-state index contributed by atoms with van der Waals surface area (Å²) in [4.78, 5) is 11.1. The van der Waals surface area contributed by atoms with Gasteiger partial charge in [0, 0.05) is 5.56 Å². The average molecular weight is 287 g/mol. The predicted octanol–water partition coefficient (Wildman–Crippen LogP) is 1.52. The summed E-state index contributed by atoms with van der Waals surface area (Å²) in [6.45, 7) is 3.42. The Kier molecular flexibility index (Phi) is 4.77. The first-order chi connectivity index (χ1) is 8.73. The number of nitrogens with one attached hydrogen (secondary N) is 1. The smallest absolute Gasteiger partial charge is 0.240 e. The molecule has 1 aromatic carbocycles. The van der Waals surface area contributed by atoms with Gasteiger partial charge in [0.05, 0.1) is 0 Å². The zero-order valence-electron chi connectivity index (χ0n) is 10.5. The summed E-state index contributed by atoms with van der Waals surface area (Å²) in [7, 11) is 0. The highest BCUT2D eigenvalue weighted by molar-refractivity contribution is 7.80. The van der Waals surface area contributed by atoms with E-state index in [-0.39, 0.29) is 16.5 Å². The zero-order chi connectivity index (χ0) is 14.7. The van der Waals surface area contributed by atoms with Gasteiger partial charge in [0.2, 0.25) is 5.91 Å². The Hall–Kier alpha value is -1.76. The van der Waals surface area contributed by atoms with Crippen molar-refractivity contribution < 1.29 is 13.6 Å². The number of thiocarbonyl (C=S) groups is 1. The summed E-state index contributed by atoms with van der Waals surface area (Å²) in [5.74, 6) is -2.66. The van der Waals surface area contributed by atoms with Gasteiger partial charge in [-0.1, -0.05) is 26.1 Å². The van der Waals surface area contributed by atoms with Crippen LogP contribution in [-0.2, 0) is 4.79 Å². The van der Waals surface area contributed by atoms with E-state index in [1.807, 2.05) is 0 Å². The van der Waals surface area contributed by atoms with Crippen molar-refractivity contribution in [2.45, 2.75) is 19.9 Å². The number of benzene rings is 1. The fourth-order valence-corrected chi connectivity index (χ4v) is 1.69. The number of halogens is 2. The average Bonchev–Trinajstić information content (AvgIpc) is 2.26. The van der Waals surface area contributed by atoms with Crippen LogP contribution in [0.3, 0.4) is 0 Å². The summed E-state index contributed by atoms with van der Waals surface area (Å²) < 4.78 is 27.6. The van der Waals surface area contributed by atoms with Crippen LogP contribution < -0.4 is 16.8 Å². The molecule has 0 aliphatic carbocycles. The molecule has 1 amide bonds. The molecule has 5 N–H and O–H groups in total. The molecule has 19 heavy (non-hydrogen) atoms. The second kappa shape index (κ2) is 5.92. The normalized spacial score (nSPS) is 12.3. The van der Waals surface area contributed by atoms with Gasteiger partial charge in [-0.2, -0.15) is 0 Å². The third-order valence-corrected chi connectivity index (χ3v) is 2.84. The first kappa shape index (κ1) is 15.3. The molecule has 0 aliphatic rings. The number of primary amides is 1. The minimum atomic E-state index is -0.880. The van der Waals surface area contributed by atoms with Crippen molar-refractivity contribution in [2.24, 2.45) is 17.4 Å². The number of hydrogen-bond donors (Lipinski definition) is 3.